The summed E-state index contributed by atoms with van der Waals surface area (Å²) in [7, 11) is 3.23. The standard InChI is InChI=1S/C13H17N3O2S/c1-9-10(5-4-8-15-16-13(14)19)6-7-11(17-2)12(9)18-3/h4-8H,1-3H3,(H3,14,16,19)/b5-4+,15-8+. The van der Waals surface area contributed by atoms with E-state index in [-0.39, 0.29) is 5.11 Å². The molecule has 0 heterocycles. The van der Waals surface area contributed by atoms with Crippen LogP contribution in [0, 0.1) is 6.92 Å². The lowest BCUT2D eigenvalue weighted by atomic mass is 10.1. The summed E-state index contributed by atoms with van der Waals surface area (Å²) >= 11 is 4.62. The van der Waals surface area contributed by atoms with Crippen molar-refractivity contribution in [2.24, 2.45) is 10.8 Å². The first-order valence-corrected chi connectivity index (χ1v) is 5.97. The van der Waals surface area contributed by atoms with Crippen molar-refractivity contribution in [1.29, 1.82) is 0 Å². The molecule has 19 heavy (non-hydrogen) atoms. The molecule has 0 spiro atoms. The Morgan fingerprint density at radius 1 is 1.37 bits per heavy atom. The summed E-state index contributed by atoms with van der Waals surface area (Å²) < 4.78 is 10.6. The summed E-state index contributed by atoms with van der Waals surface area (Å²) in [5, 5.41) is 3.94. The first-order chi connectivity index (χ1) is 9.10. The van der Waals surface area contributed by atoms with E-state index in [9.17, 15) is 0 Å². The summed E-state index contributed by atoms with van der Waals surface area (Å²) in [6, 6.07) is 3.80. The smallest absolute Gasteiger partial charge is 0.184 e. The Balaban J connectivity index is 2.87. The number of nitrogens with two attached hydrogens (primary N) is 1. The predicted molar refractivity (Wildman–Crippen MR) is 81.7 cm³/mol. The van der Waals surface area contributed by atoms with Gasteiger partial charge in [-0.05, 0) is 36.8 Å². The second-order valence-corrected chi connectivity index (χ2v) is 4.07. The molecule has 0 radical (unpaired) electrons. The van der Waals surface area contributed by atoms with Gasteiger partial charge in [-0.25, -0.2) is 0 Å². The molecule has 1 aromatic rings. The number of hydrogen-bond acceptors (Lipinski definition) is 4. The van der Waals surface area contributed by atoms with Crippen LogP contribution in [0.3, 0.4) is 0 Å². The minimum absolute atomic E-state index is 0.131. The molecule has 5 nitrogen and oxygen atoms in total. The van der Waals surface area contributed by atoms with Crippen LogP contribution in [0.4, 0.5) is 0 Å². The van der Waals surface area contributed by atoms with E-state index < -0.39 is 0 Å². The Hall–Kier alpha value is -2.08. The average molecular weight is 279 g/mol. The molecular weight excluding hydrogens is 262 g/mol. The molecule has 0 aromatic heterocycles. The largest absolute Gasteiger partial charge is 0.493 e. The van der Waals surface area contributed by atoms with E-state index in [2.05, 4.69) is 22.7 Å². The van der Waals surface area contributed by atoms with Crippen molar-refractivity contribution in [3.63, 3.8) is 0 Å². The van der Waals surface area contributed by atoms with Crippen LogP contribution >= 0.6 is 12.2 Å². The fraction of sp³-hybridized carbons (Fsp3) is 0.231. The van der Waals surface area contributed by atoms with Crippen LogP contribution in [0.25, 0.3) is 6.08 Å². The van der Waals surface area contributed by atoms with Gasteiger partial charge in [0, 0.05) is 11.8 Å². The SMILES string of the molecule is COc1ccc(/C=C/C=N/NC(N)=S)c(C)c1OC. The second-order valence-electron chi connectivity index (χ2n) is 3.63. The fourth-order valence-electron chi connectivity index (χ4n) is 1.57. The first-order valence-electron chi connectivity index (χ1n) is 5.57. The summed E-state index contributed by atoms with van der Waals surface area (Å²) in [6.07, 6.45) is 5.25. The van der Waals surface area contributed by atoms with Crippen molar-refractivity contribution in [1.82, 2.24) is 5.43 Å². The molecule has 0 bridgehead atoms. The third-order valence-electron chi connectivity index (χ3n) is 2.45. The minimum Gasteiger partial charge on any atom is -0.493 e. The molecule has 0 aliphatic heterocycles. The molecule has 0 saturated carbocycles. The van der Waals surface area contributed by atoms with E-state index in [0.717, 1.165) is 16.9 Å². The maximum Gasteiger partial charge on any atom is 0.184 e. The number of allylic oxidation sites excluding steroid dienone is 1. The number of thiocarbonyl (C=S) groups is 1. The van der Waals surface area contributed by atoms with Gasteiger partial charge in [0.1, 0.15) is 0 Å². The van der Waals surface area contributed by atoms with Crippen molar-refractivity contribution in [3.05, 3.63) is 29.3 Å². The number of nitrogens with zero attached hydrogens (tertiary/aromatic N) is 1. The third kappa shape index (κ3) is 4.26. The van der Waals surface area contributed by atoms with Gasteiger partial charge in [-0.2, -0.15) is 5.10 Å². The summed E-state index contributed by atoms with van der Waals surface area (Å²) in [6.45, 7) is 1.96. The van der Waals surface area contributed by atoms with E-state index in [1.165, 1.54) is 0 Å². The van der Waals surface area contributed by atoms with Crippen LogP contribution in [0.2, 0.25) is 0 Å². The highest BCUT2D eigenvalue weighted by molar-refractivity contribution is 7.80. The van der Waals surface area contributed by atoms with E-state index >= 15 is 0 Å². The molecule has 0 amide bonds. The maximum atomic E-state index is 5.33. The van der Waals surface area contributed by atoms with Crippen molar-refractivity contribution in [2.45, 2.75) is 6.92 Å². The normalized spacial score (nSPS) is 10.9. The zero-order valence-corrected chi connectivity index (χ0v) is 12.0. The maximum absolute atomic E-state index is 5.33. The highest BCUT2D eigenvalue weighted by atomic mass is 32.1. The molecular formula is C13H17N3O2S. The van der Waals surface area contributed by atoms with Gasteiger partial charge in [0.15, 0.2) is 16.6 Å². The number of nitrogens with one attached hydrogen (secondary N) is 1. The lowest BCUT2D eigenvalue weighted by molar-refractivity contribution is 0.353. The van der Waals surface area contributed by atoms with Gasteiger partial charge >= 0.3 is 0 Å². The van der Waals surface area contributed by atoms with E-state index in [4.69, 9.17) is 15.2 Å². The van der Waals surface area contributed by atoms with E-state index in [0.29, 0.717) is 5.75 Å². The zero-order valence-electron chi connectivity index (χ0n) is 11.1. The number of rotatable bonds is 5. The molecule has 0 atom stereocenters. The summed E-state index contributed by atoms with van der Waals surface area (Å²) in [4.78, 5) is 0. The predicted octanol–water partition coefficient (Wildman–Crippen LogP) is 1.84. The van der Waals surface area contributed by atoms with Crippen LogP contribution in [0.5, 0.6) is 11.5 Å². The Labute approximate surface area is 118 Å². The third-order valence-corrected chi connectivity index (χ3v) is 2.54. The lowest BCUT2D eigenvalue weighted by Gasteiger charge is -2.12. The van der Waals surface area contributed by atoms with Crippen LogP contribution in [0.1, 0.15) is 11.1 Å². The van der Waals surface area contributed by atoms with Crippen LogP contribution in [0.15, 0.2) is 23.3 Å². The Morgan fingerprint density at radius 2 is 2.11 bits per heavy atom. The fourth-order valence-corrected chi connectivity index (χ4v) is 1.62. The van der Waals surface area contributed by atoms with Crippen molar-refractivity contribution in [3.8, 4) is 11.5 Å². The van der Waals surface area contributed by atoms with Gasteiger partial charge in [0.2, 0.25) is 0 Å². The number of benzene rings is 1. The van der Waals surface area contributed by atoms with Gasteiger partial charge in [-0.15, -0.1) is 0 Å². The molecule has 1 rings (SSSR count). The number of hydrogen-bond donors (Lipinski definition) is 2. The molecule has 0 aliphatic carbocycles. The highest BCUT2D eigenvalue weighted by Crippen LogP contribution is 2.33. The molecule has 102 valence electrons. The number of methoxy groups -OCH3 is 2. The van der Waals surface area contributed by atoms with Crippen LogP contribution < -0.4 is 20.6 Å². The molecule has 0 aliphatic rings. The van der Waals surface area contributed by atoms with Gasteiger partial charge in [0.25, 0.3) is 0 Å². The van der Waals surface area contributed by atoms with Crippen molar-refractivity contribution < 1.29 is 9.47 Å². The van der Waals surface area contributed by atoms with Crippen LogP contribution in [-0.2, 0) is 0 Å². The van der Waals surface area contributed by atoms with Crippen molar-refractivity contribution in [2.75, 3.05) is 14.2 Å². The van der Waals surface area contributed by atoms with Crippen LogP contribution in [-0.4, -0.2) is 25.5 Å². The topological polar surface area (TPSA) is 68.9 Å². The zero-order chi connectivity index (χ0) is 14.3. The molecule has 3 N–H and O–H groups in total. The molecule has 6 heteroatoms. The lowest BCUT2D eigenvalue weighted by Crippen LogP contribution is -2.23. The highest BCUT2D eigenvalue weighted by Gasteiger charge is 2.08. The molecule has 1 aromatic carbocycles. The quantitative estimate of drug-likeness (QED) is 0.489. The minimum atomic E-state index is 0.131. The van der Waals surface area contributed by atoms with Gasteiger partial charge in [0.05, 0.1) is 14.2 Å². The Bertz CT molecular complexity index is 513. The first kappa shape index (κ1) is 15.0. The van der Waals surface area contributed by atoms with Gasteiger partial charge in [-0.1, -0.05) is 12.1 Å². The monoisotopic (exact) mass is 279 g/mol. The molecule has 0 unspecified atom stereocenters. The average Bonchev–Trinajstić information content (AvgIpc) is 2.39. The summed E-state index contributed by atoms with van der Waals surface area (Å²) in [5.74, 6) is 1.43. The van der Waals surface area contributed by atoms with E-state index in [1.807, 2.05) is 25.1 Å². The van der Waals surface area contributed by atoms with Gasteiger partial charge in [-0.3, -0.25) is 5.43 Å². The molecule has 0 fully saturated rings. The summed E-state index contributed by atoms with van der Waals surface area (Å²) in [5.41, 5.74) is 9.71. The number of ether oxygens (including phenoxy) is 2. The second kappa shape index (κ2) is 7.38. The van der Waals surface area contributed by atoms with Gasteiger partial charge < -0.3 is 15.2 Å². The number of hydrazone groups is 1. The van der Waals surface area contributed by atoms with E-state index in [1.54, 1.807) is 26.5 Å². The van der Waals surface area contributed by atoms with Crippen molar-refractivity contribution >= 4 is 29.6 Å². The Morgan fingerprint density at radius 3 is 2.68 bits per heavy atom. The molecule has 0 saturated heterocycles. The Kier molecular flexibility index (Phi) is 5.81.